The Labute approximate surface area is 89.2 Å². The fraction of sp³-hybridized carbons (Fsp3) is 0.444. The highest BCUT2D eigenvalue weighted by Crippen LogP contribution is 2.49. The SMILES string of the molecule is C=CC=COC(=O)P(=O)(OCC)OCC. The van der Waals surface area contributed by atoms with Crippen molar-refractivity contribution in [2.45, 2.75) is 13.8 Å². The van der Waals surface area contributed by atoms with Crippen molar-refractivity contribution in [2.75, 3.05) is 13.2 Å². The number of hydrogen-bond acceptors (Lipinski definition) is 5. The second-order valence-corrected chi connectivity index (χ2v) is 4.16. The summed E-state index contributed by atoms with van der Waals surface area (Å²) in [6.45, 7) is 6.82. The van der Waals surface area contributed by atoms with Gasteiger partial charge >= 0.3 is 13.3 Å². The topological polar surface area (TPSA) is 61.8 Å². The van der Waals surface area contributed by atoms with Gasteiger partial charge in [-0.15, -0.1) is 0 Å². The zero-order valence-electron chi connectivity index (χ0n) is 8.84. The lowest BCUT2D eigenvalue weighted by Gasteiger charge is -2.13. The highest BCUT2D eigenvalue weighted by Gasteiger charge is 2.35. The molecule has 0 amide bonds. The Hall–Kier alpha value is -0.900. The molecule has 0 spiro atoms. The molecule has 0 N–H and O–H groups in total. The molecule has 0 heterocycles. The maximum absolute atomic E-state index is 11.7. The third kappa shape index (κ3) is 4.93. The minimum atomic E-state index is -3.80. The quantitative estimate of drug-likeness (QED) is 0.385. The third-order valence-electron chi connectivity index (χ3n) is 1.21. The van der Waals surface area contributed by atoms with E-state index in [0.29, 0.717) is 0 Å². The Balaban J connectivity index is 4.48. The normalized spacial score (nSPS) is 11.6. The molecular weight excluding hydrogens is 219 g/mol. The number of rotatable bonds is 7. The number of carbonyl (C=O) groups excluding carboxylic acids is 1. The first-order valence-corrected chi connectivity index (χ1v) is 6.02. The van der Waals surface area contributed by atoms with E-state index < -0.39 is 13.3 Å². The van der Waals surface area contributed by atoms with Gasteiger partial charge in [-0.3, -0.25) is 0 Å². The van der Waals surface area contributed by atoms with Crippen LogP contribution in [0.15, 0.2) is 25.0 Å². The highest BCUT2D eigenvalue weighted by molar-refractivity contribution is 7.71. The lowest BCUT2D eigenvalue weighted by molar-refractivity contribution is 0.176. The summed E-state index contributed by atoms with van der Waals surface area (Å²) in [4.78, 5) is 11.3. The van der Waals surface area contributed by atoms with Crippen molar-refractivity contribution in [1.29, 1.82) is 0 Å². The fourth-order valence-electron chi connectivity index (χ4n) is 0.700. The van der Waals surface area contributed by atoms with Gasteiger partial charge in [0.2, 0.25) is 0 Å². The minimum absolute atomic E-state index is 0.109. The summed E-state index contributed by atoms with van der Waals surface area (Å²) in [5.74, 6) is 0. The van der Waals surface area contributed by atoms with Crippen LogP contribution in [0.3, 0.4) is 0 Å². The van der Waals surface area contributed by atoms with Crippen LogP contribution in [-0.4, -0.2) is 18.9 Å². The van der Waals surface area contributed by atoms with Gasteiger partial charge in [0.25, 0.3) is 0 Å². The zero-order chi connectivity index (χ0) is 11.7. The average molecular weight is 234 g/mol. The van der Waals surface area contributed by atoms with Gasteiger partial charge in [-0.1, -0.05) is 12.7 Å². The average Bonchev–Trinajstić information content (AvgIpc) is 2.18. The molecule has 0 aromatic heterocycles. The van der Waals surface area contributed by atoms with Crippen molar-refractivity contribution in [2.24, 2.45) is 0 Å². The maximum atomic E-state index is 11.7. The number of allylic oxidation sites excluding steroid dienone is 2. The molecule has 0 fully saturated rings. The minimum Gasteiger partial charge on any atom is -0.425 e. The van der Waals surface area contributed by atoms with Crippen LogP contribution < -0.4 is 0 Å². The largest absolute Gasteiger partial charge is 0.438 e. The van der Waals surface area contributed by atoms with Crippen LogP contribution in [-0.2, 0) is 18.3 Å². The van der Waals surface area contributed by atoms with Crippen molar-refractivity contribution >= 4 is 13.3 Å². The molecule has 0 saturated heterocycles. The van der Waals surface area contributed by atoms with Gasteiger partial charge in [-0.05, 0) is 19.9 Å². The van der Waals surface area contributed by atoms with Gasteiger partial charge in [0.05, 0.1) is 19.5 Å². The van der Waals surface area contributed by atoms with E-state index in [4.69, 9.17) is 9.05 Å². The monoisotopic (exact) mass is 234 g/mol. The molecule has 0 atom stereocenters. The Morgan fingerprint density at radius 3 is 2.27 bits per heavy atom. The molecule has 15 heavy (non-hydrogen) atoms. The van der Waals surface area contributed by atoms with Gasteiger partial charge in [0.15, 0.2) is 0 Å². The first-order chi connectivity index (χ1) is 7.10. The van der Waals surface area contributed by atoms with Gasteiger partial charge in [-0.25, -0.2) is 9.36 Å². The molecule has 0 bridgehead atoms. The van der Waals surface area contributed by atoms with Crippen LogP contribution in [0.2, 0.25) is 0 Å². The molecule has 0 aliphatic rings. The second kappa shape index (κ2) is 7.40. The molecule has 0 saturated carbocycles. The van der Waals surface area contributed by atoms with Crippen molar-refractivity contribution in [3.8, 4) is 0 Å². The Kier molecular flexibility index (Phi) is 6.96. The van der Waals surface area contributed by atoms with E-state index in [1.807, 2.05) is 0 Å². The highest BCUT2D eigenvalue weighted by atomic mass is 31.2. The van der Waals surface area contributed by atoms with Gasteiger partial charge < -0.3 is 13.8 Å². The first kappa shape index (κ1) is 14.1. The van der Waals surface area contributed by atoms with E-state index in [2.05, 4.69) is 11.3 Å². The summed E-state index contributed by atoms with van der Waals surface area (Å²) in [7, 11) is -3.80. The molecule has 0 radical (unpaired) electrons. The standard InChI is InChI=1S/C9H15O5P/c1-4-7-8-12-9(10)15(11,13-5-2)14-6-3/h4,7-8H,1,5-6H2,2-3H3. The maximum Gasteiger partial charge on any atom is 0.438 e. The van der Waals surface area contributed by atoms with Crippen LogP contribution in [0.1, 0.15) is 13.8 Å². The van der Waals surface area contributed by atoms with E-state index in [0.717, 1.165) is 6.26 Å². The Bertz CT molecular complexity index is 274. The number of hydrogen-bond donors (Lipinski definition) is 0. The Morgan fingerprint density at radius 2 is 1.87 bits per heavy atom. The van der Waals surface area contributed by atoms with Crippen molar-refractivity contribution in [1.82, 2.24) is 0 Å². The molecule has 0 unspecified atom stereocenters. The summed E-state index contributed by atoms with van der Waals surface area (Å²) in [5, 5.41) is 0. The molecule has 0 aromatic carbocycles. The van der Waals surface area contributed by atoms with Gasteiger partial charge in [-0.2, -0.15) is 0 Å². The predicted octanol–water partition coefficient (Wildman–Crippen LogP) is 3.09. The molecular formula is C9H15O5P. The molecule has 5 nitrogen and oxygen atoms in total. The summed E-state index contributed by atoms with van der Waals surface area (Å²) in [6, 6.07) is 0. The first-order valence-electron chi connectivity index (χ1n) is 4.48. The lowest BCUT2D eigenvalue weighted by Crippen LogP contribution is -2.06. The summed E-state index contributed by atoms with van der Waals surface area (Å²) < 4.78 is 25.8. The van der Waals surface area contributed by atoms with E-state index in [9.17, 15) is 9.36 Å². The van der Waals surface area contributed by atoms with Crippen LogP contribution in [0.25, 0.3) is 0 Å². The molecule has 0 aromatic rings. The van der Waals surface area contributed by atoms with Crippen LogP contribution >= 0.6 is 7.60 Å². The van der Waals surface area contributed by atoms with Gasteiger partial charge in [0, 0.05) is 0 Å². The number of ether oxygens (including phenoxy) is 1. The van der Waals surface area contributed by atoms with E-state index in [1.54, 1.807) is 13.8 Å². The second-order valence-electron chi connectivity index (χ2n) is 2.28. The smallest absolute Gasteiger partial charge is 0.425 e. The van der Waals surface area contributed by atoms with Crippen molar-refractivity contribution in [3.63, 3.8) is 0 Å². The molecule has 0 aliphatic heterocycles. The van der Waals surface area contributed by atoms with Gasteiger partial charge in [0.1, 0.15) is 0 Å². The van der Waals surface area contributed by atoms with E-state index >= 15 is 0 Å². The number of carbonyl (C=O) groups is 1. The van der Waals surface area contributed by atoms with Crippen molar-refractivity contribution in [3.05, 3.63) is 25.0 Å². The summed E-state index contributed by atoms with van der Waals surface area (Å²) in [5.41, 5.74) is -1.02. The van der Waals surface area contributed by atoms with Crippen LogP contribution in [0.5, 0.6) is 0 Å². The molecule has 86 valence electrons. The van der Waals surface area contributed by atoms with Crippen molar-refractivity contribution < 1.29 is 23.1 Å². The predicted molar refractivity (Wildman–Crippen MR) is 56.7 cm³/mol. The van der Waals surface area contributed by atoms with Crippen LogP contribution in [0.4, 0.5) is 4.79 Å². The molecule has 0 rings (SSSR count). The van der Waals surface area contributed by atoms with E-state index in [-0.39, 0.29) is 13.2 Å². The van der Waals surface area contributed by atoms with Crippen LogP contribution in [0, 0.1) is 0 Å². The summed E-state index contributed by atoms with van der Waals surface area (Å²) >= 11 is 0. The fourth-order valence-corrected chi connectivity index (χ4v) is 1.86. The molecule has 0 aliphatic carbocycles. The Morgan fingerprint density at radius 1 is 1.33 bits per heavy atom. The zero-order valence-corrected chi connectivity index (χ0v) is 9.74. The lowest BCUT2D eigenvalue weighted by atomic mass is 10.6. The van der Waals surface area contributed by atoms with E-state index in [1.165, 1.54) is 12.2 Å². The molecule has 6 heteroatoms. The third-order valence-corrected chi connectivity index (χ3v) is 2.95. The summed E-state index contributed by atoms with van der Waals surface area (Å²) in [6.07, 6.45) is 3.87.